The summed E-state index contributed by atoms with van der Waals surface area (Å²) in [6.07, 6.45) is 5.01. The van der Waals surface area contributed by atoms with E-state index in [9.17, 15) is 4.79 Å². The Balaban J connectivity index is 1.17. The summed E-state index contributed by atoms with van der Waals surface area (Å²) in [6.45, 7) is 8.32. The van der Waals surface area contributed by atoms with E-state index in [-0.39, 0.29) is 12.0 Å². The Morgan fingerprint density at radius 3 is 3.00 bits per heavy atom. The number of aromatic nitrogens is 2. The van der Waals surface area contributed by atoms with Gasteiger partial charge in [0.25, 0.3) is 0 Å². The molecule has 7 heteroatoms. The lowest BCUT2D eigenvalue weighted by Crippen LogP contribution is -2.42. The number of aromatic amines is 1. The van der Waals surface area contributed by atoms with Crippen LogP contribution in [0.4, 0.5) is 0 Å². The van der Waals surface area contributed by atoms with Crippen molar-refractivity contribution < 1.29 is 14.3 Å². The van der Waals surface area contributed by atoms with Crippen LogP contribution in [0, 0.1) is 24.7 Å². The summed E-state index contributed by atoms with van der Waals surface area (Å²) < 4.78 is 11.4. The number of aryl methyl sites for hydroxylation is 1. The van der Waals surface area contributed by atoms with Gasteiger partial charge in [-0.3, -0.25) is 14.8 Å². The maximum atomic E-state index is 12.4. The molecule has 2 N–H and O–H groups in total. The third-order valence-corrected chi connectivity index (χ3v) is 6.63. The third-order valence-electron chi connectivity index (χ3n) is 6.63. The molecule has 3 saturated heterocycles. The van der Waals surface area contributed by atoms with E-state index >= 15 is 0 Å². The van der Waals surface area contributed by atoms with Gasteiger partial charge in [-0.1, -0.05) is 0 Å². The predicted molar refractivity (Wildman–Crippen MR) is 106 cm³/mol. The first kappa shape index (κ1) is 19.9. The first-order valence-electron chi connectivity index (χ1n) is 10.9. The minimum Gasteiger partial charge on any atom is -0.381 e. The number of nitrogens with one attached hydrogen (secondary N) is 2. The molecule has 0 radical (unpaired) electrons. The Morgan fingerprint density at radius 2 is 2.21 bits per heavy atom. The van der Waals surface area contributed by atoms with E-state index in [2.05, 4.69) is 26.5 Å². The van der Waals surface area contributed by atoms with Crippen LogP contribution in [0.5, 0.6) is 0 Å². The van der Waals surface area contributed by atoms with Gasteiger partial charge >= 0.3 is 0 Å². The van der Waals surface area contributed by atoms with Gasteiger partial charge in [0.2, 0.25) is 5.91 Å². The molecule has 0 saturated carbocycles. The van der Waals surface area contributed by atoms with E-state index in [0.717, 1.165) is 83.1 Å². The van der Waals surface area contributed by atoms with Gasteiger partial charge in [0.05, 0.1) is 24.8 Å². The molecule has 0 bridgehead atoms. The zero-order valence-corrected chi connectivity index (χ0v) is 17.0. The molecule has 4 heterocycles. The third kappa shape index (κ3) is 5.13. The summed E-state index contributed by atoms with van der Waals surface area (Å²) >= 11 is 0. The number of likely N-dealkylation sites (tertiary alicyclic amines) is 1. The van der Waals surface area contributed by atoms with E-state index in [1.165, 1.54) is 0 Å². The van der Waals surface area contributed by atoms with Crippen molar-refractivity contribution in [3.63, 3.8) is 0 Å². The van der Waals surface area contributed by atoms with Crippen LogP contribution in [0.1, 0.15) is 43.5 Å². The monoisotopic (exact) mass is 390 g/mol. The van der Waals surface area contributed by atoms with E-state index in [4.69, 9.17) is 9.47 Å². The molecule has 4 rings (SSSR count). The number of carbonyl (C=O) groups excluding carboxylic acids is 1. The smallest absolute Gasteiger partial charge is 0.222 e. The lowest BCUT2D eigenvalue weighted by molar-refractivity contribution is -0.123. The second-order valence-electron chi connectivity index (χ2n) is 8.76. The van der Waals surface area contributed by atoms with Crippen LogP contribution in [0.3, 0.4) is 0 Å². The van der Waals surface area contributed by atoms with E-state index in [0.29, 0.717) is 24.2 Å². The molecule has 0 aliphatic carbocycles. The number of hydrogen-bond acceptors (Lipinski definition) is 5. The summed E-state index contributed by atoms with van der Waals surface area (Å²) in [7, 11) is 0. The van der Waals surface area contributed by atoms with Crippen molar-refractivity contribution in [2.75, 3.05) is 39.5 Å². The topological polar surface area (TPSA) is 79.5 Å². The van der Waals surface area contributed by atoms with Crippen LogP contribution in [0.2, 0.25) is 0 Å². The molecule has 0 aromatic carbocycles. The van der Waals surface area contributed by atoms with Gasteiger partial charge in [0.15, 0.2) is 0 Å². The van der Waals surface area contributed by atoms with E-state index < -0.39 is 0 Å². The molecule has 1 aromatic rings. The lowest BCUT2D eigenvalue weighted by Gasteiger charge is -2.35. The molecular weight excluding hydrogens is 356 g/mol. The normalized spacial score (nSPS) is 29.0. The molecule has 1 amide bonds. The Kier molecular flexibility index (Phi) is 6.65. The van der Waals surface area contributed by atoms with Crippen molar-refractivity contribution in [3.05, 3.63) is 17.5 Å². The number of piperidine rings is 1. The Bertz CT molecular complexity index is 643. The first-order valence-corrected chi connectivity index (χ1v) is 10.9. The standard InChI is InChI=1S/C21H34N4O3/c1-15-10-18(24-23-15)13-25-7-3-19-17(12-25)14-28-20(19)11-21(26)22-6-2-16-4-8-27-9-5-16/h10,16-17,19-20H,2-9,11-14H2,1H3,(H,22,26)(H,23,24)/t17-,19-,20+/m1/s1. The van der Waals surface area contributed by atoms with Crippen LogP contribution in [-0.4, -0.2) is 66.6 Å². The van der Waals surface area contributed by atoms with Crippen molar-refractivity contribution in [2.45, 2.75) is 51.7 Å². The first-order chi connectivity index (χ1) is 13.7. The lowest BCUT2D eigenvalue weighted by atomic mass is 9.83. The zero-order valence-electron chi connectivity index (χ0n) is 17.0. The van der Waals surface area contributed by atoms with Gasteiger partial charge in [-0.05, 0) is 57.1 Å². The molecule has 3 atom stereocenters. The fraction of sp³-hybridized carbons (Fsp3) is 0.810. The highest BCUT2D eigenvalue weighted by Gasteiger charge is 2.41. The minimum absolute atomic E-state index is 0.0860. The second-order valence-corrected chi connectivity index (χ2v) is 8.76. The summed E-state index contributed by atoms with van der Waals surface area (Å²) in [5.74, 6) is 1.89. The maximum Gasteiger partial charge on any atom is 0.222 e. The van der Waals surface area contributed by atoms with Crippen LogP contribution in [-0.2, 0) is 20.8 Å². The Hall–Kier alpha value is -1.44. The number of rotatable bonds is 7. The summed E-state index contributed by atoms with van der Waals surface area (Å²) in [5.41, 5.74) is 2.22. The molecule has 3 fully saturated rings. The van der Waals surface area contributed by atoms with Crippen molar-refractivity contribution in [3.8, 4) is 0 Å². The number of hydrogen-bond donors (Lipinski definition) is 2. The average Bonchev–Trinajstić information content (AvgIpc) is 3.28. The van der Waals surface area contributed by atoms with Crippen LogP contribution < -0.4 is 5.32 Å². The van der Waals surface area contributed by atoms with Gasteiger partial charge in [0.1, 0.15) is 0 Å². The van der Waals surface area contributed by atoms with Crippen molar-refractivity contribution in [2.24, 2.45) is 17.8 Å². The summed E-state index contributed by atoms with van der Waals surface area (Å²) in [4.78, 5) is 14.9. The van der Waals surface area contributed by atoms with Gasteiger partial charge < -0.3 is 14.8 Å². The molecular formula is C21H34N4O3. The number of H-pyrrole nitrogens is 1. The summed E-state index contributed by atoms with van der Waals surface area (Å²) in [5, 5.41) is 10.5. The van der Waals surface area contributed by atoms with Crippen LogP contribution in [0.25, 0.3) is 0 Å². The zero-order chi connectivity index (χ0) is 19.3. The molecule has 0 spiro atoms. The number of ether oxygens (including phenoxy) is 2. The number of carbonyl (C=O) groups is 1. The second kappa shape index (κ2) is 9.37. The molecule has 7 nitrogen and oxygen atoms in total. The van der Waals surface area contributed by atoms with Crippen molar-refractivity contribution in [1.82, 2.24) is 20.4 Å². The Labute approximate surface area is 167 Å². The van der Waals surface area contributed by atoms with Crippen molar-refractivity contribution in [1.29, 1.82) is 0 Å². The number of amides is 1. The SMILES string of the molecule is Cc1cc(CN2CC[C@@H]3[C@@H](CO[C@H]3CC(=O)NCCC3CCOCC3)C2)n[nH]1. The summed E-state index contributed by atoms with van der Waals surface area (Å²) in [6, 6.07) is 2.12. The van der Waals surface area contributed by atoms with E-state index in [1.807, 2.05) is 6.92 Å². The number of fused-ring (bicyclic) bond motifs is 1. The minimum atomic E-state index is 0.0860. The van der Waals surface area contributed by atoms with Crippen LogP contribution in [0.15, 0.2) is 6.07 Å². The molecule has 156 valence electrons. The predicted octanol–water partition coefficient (Wildman–Crippen LogP) is 1.88. The molecule has 3 aliphatic rings. The average molecular weight is 391 g/mol. The van der Waals surface area contributed by atoms with Gasteiger partial charge in [-0.25, -0.2) is 0 Å². The maximum absolute atomic E-state index is 12.4. The molecule has 3 aliphatic heterocycles. The molecule has 1 aromatic heterocycles. The molecule has 28 heavy (non-hydrogen) atoms. The van der Waals surface area contributed by atoms with Crippen LogP contribution >= 0.6 is 0 Å². The van der Waals surface area contributed by atoms with E-state index in [1.54, 1.807) is 0 Å². The quantitative estimate of drug-likeness (QED) is 0.743. The largest absolute Gasteiger partial charge is 0.381 e. The molecule has 0 unspecified atom stereocenters. The van der Waals surface area contributed by atoms with Gasteiger partial charge in [-0.2, -0.15) is 5.10 Å². The Morgan fingerprint density at radius 1 is 1.36 bits per heavy atom. The number of nitrogens with zero attached hydrogens (tertiary/aromatic N) is 2. The fourth-order valence-corrected chi connectivity index (χ4v) is 5.01. The van der Waals surface area contributed by atoms with Gasteiger partial charge in [0, 0.05) is 44.5 Å². The highest BCUT2D eigenvalue weighted by Crippen LogP contribution is 2.36. The highest BCUT2D eigenvalue weighted by molar-refractivity contribution is 5.76. The highest BCUT2D eigenvalue weighted by atomic mass is 16.5. The fourth-order valence-electron chi connectivity index (χ4n) is 5.01. The van der Waals surface area contributed by atoms with Gasteiger partial charge in [-0.15, -0.1) is 0 Å². The van der Waals surface area contributed by atoms with Crippen molar-refractivity contribution >= 4 is 5.91 Å².